The average molecular weight is 425 g/mol. The number of carboxylic acid groups (broad SMARTS) is 1. The Hall–Kier alpha value is -4.39. The van der Waals surface area contributed by atoms with Gasteiger partial charge in [0, 0.05) is 18.3 Å². The highest BCUT2D eigenvalue weighted by atomic mass is 16.5. The maximum absolute atomic E-state index is 11.1. The van der Waals surface area contributed by atoms with E-state index in [0.717, 1.165) is 5.56 Å². The summed E-state index contributed by atoms with van der Waals surface area (Å²) < 4.78 is 11.7. The first-order valence-electron chi connectivity index (χ1n) is 10.1. The molecule has 2 heterocycles. The number of hydrogen-bond acceptors (Lipinski definition) is 6. The number of benzene rings is 3. The molecular formula is C25H19N3O4. The summed E-state index contributed by atoms with van der Waals surface area (Å²) in [5, 5.41) is 14.8. The third kappa shape index (κ3) is 3.83. The molecule has 0 spiro atoms. The Bertz CT molecular complexity index is 1440. The standard InChI is InChI=1S/C25H19N3O4/c1-15(19-8-4-6-16-5-2-3-7-20(16)19)27-25-28-21-10-9-17(14-23(21)32-25)31-18-11-12-26-22(13-18)24(29)30/h2-15H,1H3,(H,27,28)(H,29,30)/t15-/m1/s1. The van der Waals surface area contributed by atoms with Crippen molar-refractivity contribution in [2.75, 3.05) is 5.32 Å². The summed E-state index contributed by atoms with van der Waals surface area (Å²) >= 11 is 0. The van der Waals surface area contributed by atoms with E-state index in [9.17, 15) is 4.79 Å². The molecule has 0 amide bonds. The van der Waals surface area contributed by atoms with Crippen LogP contribution in [0.25, 0.3) is 21.9 Å². The van der Waals surface area contributed by atoms with Gasteiger partial charge in [0.15, 0.2) is 11.3 Å². The number of nitrogens with one attached hydrogen (secondary N) is 1. The molecule has 0 aliphatic heterocycles. The highest BCUT2D eigenvalue weighted by Crippen LogP contribution is 2.30. The maximum Gasteiger partial charge on any atom is 0.354 e. The van der Waals surface area contributed by atoms with Gasteiger partial charge >= 0.3 is 5.97 Å². The van der Waals surface area contributed by atoms with Gasteiger partial charge in [0.1, 0.15) is 17.0 Å². The Kier molecular flexibility index (Phi) is 4.91. The van der Waals surface area contributed by atoms with E-state index < -0.39 is 5.97 Å². The second-order valence-corrected chi connectivity index (χ2v) is 7.37. The monoisotopic (exact) mass is 425 g/mol. The number of oxazole rings is 1. The van der Waals surface area contributed by atoms with E-state index in [1.807, 2.05) is 18.2 Å². The van der Waals surface area contributed by atoms with E-state index in [1.165, 1.54) is 23.0 Å². The molecule has 158 valence electrons. The zero-order chi connectivity index (χ0) is 22.1. The van der Waals surface area contributed by atoms with Crippen molar-refractivity contribution in [3.8, 4) is 11.5 Å². The van der Waals surface area contributed by atoms with E-state index >= 15 is 0 Å². The molecule has 0 saturated heterocycles. The van der Waals surface area contributed by atoms with Crippen molar-refractivity contribution in [1.29, 1.82) is 0 Å². The van der Waals surface area contributed by atoms with Crippen molar-refractivity contribution in [3.05, 3.63) is 90.3 Å². The molecule has 0 radical (unpaired) electrons. The highest BCUT2D eigenvalue weighted by molar-refractivity contribution is 5.86. The van der Waals surface area contributed by atoms with E-state index in [1.54, 1.807) is 24.3 Å². The van der Waals surface area contributed by atoms with Crippen LogP contribution in [0.3, 0.4) is 0 Å². The molecule has 7 nitrogen and oxygen atoms in total. The van der Waals surface area contributed by atoms with Gasteiger partial charge in [0.25, 0.3) is 6.01 Å². The van der Waals surface area contributed by atoms with Crippen LogP contribution in [-0.2, 0) is 0 Å². The molecule has 1 atom stereocenters. The highest BCUT2D eigenvalue weighted by Gasteiger charge is 2.14. The zero-order valence-electron chi connectivity index (χ0n) is 17.1. The number of nitrogens with zero attached hydrogens (tertiary/aromatic N) is 2. The van der Waals surface area contributed by atoms with Crippen molar-refractivity contribution in [2.24, 2.45) is 0 Å². The molecule has 3 aromatic carbocycles. The van der Waals surface area contributed by atoms with Crippen molar-refractivity contribution in [2.45, 2.75) is 13.0 Å². The molecule has 0 bridgehead atoms. The minimum Gasteiger partial charge on any atom is -0.477 e. The molecule has 2 aromatic heterocycles. The van der Waals surface area contributed by atoms with E-state index in [-0.39, 0.29) is 11.7 Å². The van der Waals surface area contributed by atoms with Crippen LogP contribution < -0.4 is 10.1 Å². The van der Waals surface area contributed by atoms with E-state index in [0.29, 0.717) is 28.6 Å². The average Bonchev–Trinajstić information content (AvgIpc) is 3.20. The number of fused-ring (bicyclic) bond motifs is 2. The van der Waals surface area contributed by atoms with Gasteiger partial charge in [-0.1, -0.05) is 42.5 Å². The smallest absolute Gasteiger partial charge is 0.354 e. The summed E-state index contributed by atoms with van der Waals surface area (Å²) in [6.45, 7) is 2.06. The molecule has 32 heavy (non-hydrogen) atoms. The maximum atomic E-state index is 11.1. The van der Waals surface area contributed by atoms with Gasteiger partial charge in [0.2, 0.25) is 0 Å². The predicted octanol–water partition coefficient (Wildman–Crippen LogP) is 6.04. The molecule has 0 unspecified atom stereocenters. The minimum atomic E-state index is -1.11. The Morgan fingerprint density at radius 2 is 1.84 bits per heavy atom. The van der Waals surface area contributed by atoms with Gasteiger partial charge in [-0.15, -0.1) is 0 Å². The number of anilines is 1. The van der Waals surface area contributed by atoms with Crippen molar-refractivity contribution in [3.63, 3.8) is 0 Å². The molecule has 0 aliphatic rings. The summed E-state index contributed by atoms with van der Waals surface area (Å²) in [6.07, 6.45) is 1.39. The van der Waals surface area contributed by atoms with Crippen LogP contribution in [0.2, 0.25) is 0 Å². The Morgan fingerprint density at radius 3 is 2.72 bits per heavy atom. The van der Waals surface area contributed by atoms with Gasteiger partial charge in [-0.25, -0.2) is 9.78 Å². The Morgan fingerprint density at radius 1 is 1.03 bits per heavy atom. The molecule has 0 aliphatic carbocycles. The lowest BCUT2D eigenvalue weighted by molar-refractivity contribution is 0.0690. The molecular weight excluding hydrogens is 406 g/mol. The van der Waals surface area contributed by atoms with Gasteiger partial charge in [-0.05, 0) is 41.5 Å². The SMILES string of the molecule is C[C@@H](Nc1nc2ccc(Oc3ccnc(C(=O)O)c3)cc2o1)c1cccc2ccccc12. The Balaban J connectivity index is 1.38. The fourth-order valence-corrected chi connectivity index (χ4v) is 3.65. The number of pyridine rings is 1. The summed E-state index contributed by atoms with van der Waals surface area (Å²) in [5.74, 6) is -0.235. The molecule has 5 aromatic rings. The first-order chi connectivity index (χ1) is 15.6. The fraction of sp³-hybridized carbons (Fsp3) is 0.0800. The van der Waals surface area contributed by atoms with Crippen molar-refractivity contribution in [1.82, 2.24) is 9.97 Å². The zero-order valence-corrected chi connectivity index (χ0v) is 17.1. The van der Waals surface area contributed by atoms with Crippen molar-refractivity contribution < 1.29 is 19.1 Å². The van der Waals surface area contributed by atoms with Crippen LogP contribution in [-0.4, -0.2) is 21.0 Å². The molecule has 2 N–H and O–H groups in total. The predicted molar refractivity (Wildman–Crippen MR) is 121 cm³/mol. The van der Waals surface area contributed by atoms with Gasteiger partial charge in [-0.2, -0.15) is 4.98 Å². The number of aromatic carboxylic acids is 1. The van der Waals surface area contributed by atoms with Gasteiger partial charge in [-0.3, -0.25) is 0 Å². The van der Waals surface area contributed by atoms with Crippen LogP contribution in [0.5, 0.6) is 11.5 Å². The summed E-state index contributed by atoms with van der Waals surface area (Å²) in [7, 11) is 0. The van der Waals surface area contributed by atoms with Gasteiger partial charge in [0.05, 0.1) is 6.04 Å². The molecule has 0 saturated carbocycles. The quantitative estimate of drug-likeness (QED) is 0.342. The van der Waals surface area contributed by atoms with Gasteiger partial charge < -0.3 is 19.6 Å². The van der Waals surface area contributed by atoms with Crippen LogP contribution >= 0.6 is 0 Å². The third-order valence-electron chi connectivity index (χ3n) is 5.18. The molecule has 7 heteroatoms. The van der Waals surface area contributed by atoms with Crippen molar-refractivity contribution >= 4 is 33.9 Å². The van der Waals surface area contributed by atoms with Crippen LogP contribution in [0.4, 0.5) is 6.01 Å². The number of carboxylic acids is 1. The first-order valence-corrected chi connectivity index (χ1v) is 10.1. The topological polar surface area (TPSA) is 97.5 Å². The van der Waals surface area contributed by atoms with Crippen LogP contribution in [0.1, 0.15) is 29.0 Å². The van der Waals surface area contributed by atoms with E-state index in [2.05, 4.69) is 46.5 Å². The summed E-state index contributed by atoms with van der Waals surface area (Å²) in [4.78, 5) is 19.4. The number of carbonyl (C=O) groups is 1. The summed E-state index contributed by atoms with van der Waals surface area (Å²) in [5.41, 5.74) is 2.31. The number of hydrogen-bond donors (Lipinski definition) is 2. The molecule has 0 fully saturated rings. The molecule has 5 rings (SSSR count). The third-order valence-corrected chi connectivity index (χ3v) is 5.18. The largest absolute Gasteiger partial charge is 0.477 e. The summed E-state index contributed by atoms with van der Waals surface area (Å²) in [6, 6.07) is 23.1. The number of ether oxygens (including phenoxy) is 1. The second-order valence-electron chi connectivity index (χ2n) is 7.37. The van der Waals surface area contributed by atoms with Crippen LogP contribution in [0, 0.1) is 0 Å². The number of rotatable bonds is 6. The van der Waals surface area contributed by atoms with Crippen LogP contribution in [0.15, 0.2) is 83.4 Å². The first kappa shape index (κ1) is 19.6. The fourth-order valence-electron chi connectivity index (χ4n) is 3.65. The normalized spacial score (nSPS) is 12.0. The minimum absolute atomic E-state index is 0.0175. The lowest BCUT2D eigenvalue weighted by Crippen LogP contribution is -2.07. The second kappa shape index (κ2) is 8.03. The Labute approximate surface area is 183 Å². The number of aromatic nitrogens is 2. The lowest BCUT2D eigenvalue weighted by atomic mass is 10.00. The lowest BCUT2D eigenvalue weighted by Gasteiger charge is -2.15. The van der Waals surface area contributed by atoms with E-state index in [4.69, 9.17) is 14.3 Å².